The first-order valence-corrected chi connectivity index (χ1v) is 10.1. The average Bonchev–Trinajstić information content (AvgIpc) is 2.79. The molecule has 0 heterocycles. The van der Waals surface area contributed by atoms with Gasteiger partial charge < -0.3 is 14.7 Å². The van der Waals surface area contributed by atoms with Gasteiger partial charge in [-0.25, -0.2) is 0 Å². The number of halogens is 1. The van der Waals surface area contributed by atoms with Crippen LogP contribution in [-0.2, 0) is 12.0 Å². The topological polar surface area (TPSA) is 32.7 Å². The predicted octanol–water partition coefficient (Wildman–Crippen LogP) is 5.00. The maximum Gasteiger partial charge on any atom is 0.137 e. The fraction of sp³-hybridized carbons (Fsp3) is 0.478. The van der Waals surface area contributed by atoms with Gasteiger partial charge in [-0.1, -0.05) is 41.9 Å². The summed E-state index contributed by atoms with van der Waals surface area (Å²) < 4.78 is 5.44. The molecule has 2 unspecified atom stereocenters. The van der Waals surface area contributed by atoms with Crippen molar-refractivity contribution in [3.8, 4) is 5.75 Å². The number of methoxy groups -OCH3 is 1. The molecule has 0 aliphatic heterocycles. The molecule has 0 bridgehead atoms. The molecule has 0 radical (unpaired) electrons. The normalized spacial score (nSPS) is 22.4. The summed E-state index contributed by atoms with van der Waals surface area (Å²) in [4.78, 5) is 2.17. The Morgan fingerprint density at radius 1 is 1.22 bits per heavy atom. The Hall–Kier alpha value is -1.55. The lowest BCUT2D eigenvalue weighted by Crippen LogP contribution is -2.34. The van der Waals surface area contributed by atoms with Crippen molar-refractivity contribution in [2.45, 2.75) is 43.6 Å². The van der Waals surface area contributed by atoms with Gasteiger partial charge in [-0.15, -0.1) is 0 Å². The van der Waals surface area contributed by atoms with Crippen LogP contribution in [0.15, 0.2) is 42.5 Å². The van der Waals surface area contributed by atoms with E-state index in [9.17, 15) is 5.11 Å². The molecule has 0 aromatic heterocycles. The molecule has 27 heavy (non-hydrogen) atoms. The summed E-state index contributed by atoms with van der Waals surface area (Å²) in [6.45, 7) is 0.959. The second-order valence-electron chi connectivity index (χ2n) is 7.83. The van der Waals surface area contributed by atoms with Crippen molar-refractivity contribution in [1.82, 2.24) is 4.90 Å². The Bertz CT molecular complexity index is 777. The third kappa shape index (κ3) is 4.31. The van der Waals surface area contributed by atoms with Crippen LogP contribution < -0.4 is 4.74 Å². The highest BCUT2D eigenvalue weighted by Gasteiger charge is 2.41. The standard InChI is InChI=1S/C23H30ClNO2/c1-25(2)15-7-14-23(26)19-10-5-4-8-17(19)9-6-11-20(23)18-12-13-21(24)22(16-18)27-3/h4-5,8,10,12-13,16,20,26H,6-7,9,11,14-15H2,1-3H3. The molecule has 0 saturated heterocycles. The van der Waals surface area contributed by atoms with Crippen molar-refractivity contribution in [2.24, 2.45) is 0 Å². The lowest BCUT2D eigenvalue weighted by Gasteiger charge is -2.37. The molecule has 1 N–H and O–H groups in total. The monoisotopic (exact) mass is 387 g/mol. The minimum Gasteiger partial charge on any atom is -0.495 e. The number of hydrogen-bond donors (Lipinski definition) is 1. The molecule has 2 atom stereocenters. The van der Waals surface area contributed by atoms with E-state index in [4.69, 9.17) is 16.3 Å². The summed E-state index contributed by atoms with van der Waals surface area (Å²) >= 11 is 6.25. The lowest BCUT2D eigenvalue weighted by atomic mass is 9.73. The molecule has 4 heteroatoms. The van der Waals surface area contributed by atoms with E-state index in [2.05, 4.69) is 37.2 Å². The van der Waals surface area contributed by atoms with Gasteiger partial charge in [0.15, 0.2) is 0 Å². The number of aliphatic hydroxyl groups is 1. The van der Waals surface area contributed by atoms with E-state index in [1.807, 2.05) is 24.3 Å². The molecule has 0 amide bonds. The van der Waals surface area contributed by atoms with Gasteiger partial charge in [-0.05, 0) is 81.6 Å². The second-order valence-corrected chi connectivity index (χ2v) is 8.23. The van der Waals surface area contributed by atoms with Gasteiger partial charge in [0.1, 0.15) is 5.75 Å². The van der Waals surface area contributed by atoms with Gasteiger partial charge in [0.2, 0.25) is 0 Å². The first-order chi connectivity index (χ1) is 13.0. The van der Waals surface area contributed by atoms with Crippen molar-refractivity contribution < 1.29 is 9.84 Å². The van der Waals surface area contributed by atoms with Gasteiger partial charge in [-0.3, -0.25) is 0 Å². The Morgan fingerprint density at radius 3 is 2.74 bits per heavy atom. The molecule has 3 rings (SSSR count). The highest BCUT2D eigenvalue weighted by Crippen LogP contribution is 2.48. The molecule has 3 nitrogen and oxygen atoms in total. The fourth-order valence-electron chi connectivity index (χ4n) is 4.39. The summed E-state index contributed by atoms with van der Waals surface area (Å²) in [6.07, 6.45) is 4.69. The third-order valence-electron chi connectivity index (χ3n) is 5.74. The molecule has 1 aliphatic carbocycles. The van der Waals surface area contributed by atoms with E-state index < -0.39 is 5.60 Å². The zero-order valence-electron chi connectivity index (χ0n) is 16.5. The molecule has 1 aliphatic rings. The molecule has 0 spiro atoms. The predicted molar refractivity (Wildman–Crippen MR) is 112 cm³/mol. The first-order valence-electron chi connectivity index (χ1n) is 9.74. The quantitative estimate of drug-likeness (QED) is 0.708. The Balaban J connectivity index is 2.04. The van der Waals surface area contributed by atoms with E-state index in [0.717, 1.165) is 49.8 Å². The number of benzene rings is 2. The van der Waals surface area contributed by atoms with E-state index in [-0.39, 0.29) is 5.92 Å². The molecule has 146 valence electrons. The number of hydrogen-bond acceptors (Lipinski definition) is 3. The van der Waals surface area contributed by atoms with Crippen LogP contribution in [0, 0.1) is 0 Å². The van der Waals surface area contributed by atoms with Crippen molar-refractivity contribution in [2.75, 3.05) is 27.7 Å². The van der Waals surface area contributed by atoms with Gasteiger partial charge in [0, 0.05) is 5.92 Å². The minimum atomic E-state index is -0.887. The molecule has 2 aromatic rings. The summed E-state index contributed by atoms with van der Waals surface area (Å²) in [6, 6.07) is 14.3. The first kappa shape index (κ1) is 20.2. The number of aryl methyl sites for hydroxylation is 1. The van der Waals surface area contributed by atoms with Gasteiger partial charge in [0.05, 0.1) is 17.7 Å². The van der Waals surface area contributed by atoms with Crippen molar-refractivity contribution in [1.29, 1.82) is 0 Å². The number of nitrogens with zero attached hydrogens (tertiary/aromatic N) is 1. The molecule has 2 aromatic carbocycles. The zero-order chi connectivity index (χ0) is 19.4. The lowest BCUT2D eigenvalue weighted by molar-refractivity contribution is -0.00608. The highest BCUT2D eigenvalue weighted by atomic mass is 35.5. The molecular formula is C23H30ClNO2. The smallest absolute Gasteiger partial charge is 0.137 e. The van der Waals surface area contributed by atoms with Crippen LogP contribution in [-0.4, -0.2) is 37.8 Å². The van der Waals surface area contributed by atoms with Crippen LogP contribution in [0.4, 0.5) is 0 Å². The third-order valence-corrected chi connectivity index (χ3v) is 6.05. The SMILES string of the molecule is COc1cc(C2CCCc3ccccc3C2(O)CCCN(C)C)ccc1Cl. The van der Waals surface area contributed by atoms with Crippen molar-refractivity contribution >= 4 is 11.6 Å². The van der Waals surface area contributed by atoms with E-state index in [1.54, 1.807) is 7.11 Å². The zero-order valence-corrected chi connectivity index (χ0v) is 17.3. The van der Waals surface area contributed by atoms with Gasteiger partial charge >= 0.3 is 0 Å². The summed E-state index contributed by atoms with van der Waals surface area (Å²) in [7, 11) is 5.79. The van der Waals surface area contributed by atoms with Gasteiger partial charge in [-0.2, -0.15) is 0 Å². The molecular weight excluding hydrogens is 358 g/mol. The van der Waals surface area contributed by atoms with Crippen molar-refractivity contribution in [3.05, 3.63) is 64.2 Å². The van der Waals surface area contributed by atoms with Crippen LogP contribution >= 0.6 is 11.6 Å². The Labute approximate surface area is 167 Å². The van der Waals surface area contributed by atoms with E-state index in [1.165, 1.54) is 5.56 Å². The number of fused-ring (bicyclic) bond motifs is 1. The minimum absolute atomic E-state index is 0.0227. The van der Waals surface area contributed by atoms with E-state index in [0.29, 0.717) is 10.8 Å². The molecule has 0 fully saturated rings. The average molecular weight is 388 g/mol. The number of rotatable bonds is 6. The summed E-state index contributed by atoms with van der Waals surface area (Å²) in [5.74, 6) is 0.691. The second kappa shape index (κ2) is 8.64. The van der Waals surface area contributed by atoms with E-state index >= 15 is 0 Å². The van der Waals surface area contributed by atoms with Crippen LogP contribution in [0.5, 0.6) is 5.75 Å². The Morgan fingerprint density at radius 2 is 2.00 bits per heavy atom. The number of ether oxygens (including phenoxy) is 1. The van der Waals surface area contributed by atoms with Crippen molar-refractivity contribution in [3.63, 3.8) is 0 Å². The highest BCUT2D eigenvalue weighted by molar-refractivity contribution is 6.32. The van der Waals surface area contributed by atoms with Crippen LogP contribution in [0.1, 0.15) is 48.3 Å². The maximum absolute atomic E-state index is 12.1. The summed E-state index contributed by atoms with van der Waals surface area (Å²) in [5.41, 5.74) is 2.57. The van der Waals surface area contributed by atoms with Crippen LogP contribution in [0.3, 0.4) is 0 Å². The maximum atomic E-state index is 12.1. The van der Waals surface area contributed by atoms with Crippen LogP contribution in [0.25, 0.3) is 0 Å². The fourth-order valence-corrected chi connectivity index (χ4v) is 4.59. The van der Waals surface area contributed by atoms with Gasteiger partial charge in [0.25, 0.3) is 0 Å². The van der Waals surface area contributed by atoms with Crippen LogP contribution in [0.2, 0.25) is 5.02 Å². The largest absolute Gasteiger partial charge is 0.495 e. The Kier molecular flexibility index (Phi) is 6.46. The summed E-state index contributed by atoms with van der Waals surface area (Å²) in [5, 5.41) is 12.7. The molecule has 0 saturated carbocycles.